The van der Waals surface area contributed by atoms with Gasteiger partial charge in [0, 0.05) is 26.1 Å². The van der Waals surface area contributed by atoms with Gasteiger partial charge in [0.25, 0.3) is 0 Å². The first-order valence-electron chi connectivity index (χ1n) is 6.66. The Labute approximate surface area is 117 Å². The molecular formula is C13H21NO6. The minimum atomic E-state index is -1.32. The molecule has 2 atom stereocenters. The lowest BCUT2D eigenvalue weighted by atomic mass is 9.83. The number of hydrogen-bond acceptors (Lipinski definition) is 6. The third-order valence-corrected chi connectivity index (χ3v) is 3.35. The monoisotopic (exact) mass is 287 g/mol. The Morgan fingerprint density at radius 2 is 1.80 bits per heavy atom. The number of rotatable bonds is 6. The first-order chi connectivity index (χ1) is 9.47. The summed E-state index contributed by atoms with van der Waals surface area (Å²) in [6, 6.07) is 0. The summed E-state index contributed by atoms with van der Waals surface area (Å²) in [5.41, 5.74) is 0. The molecule has 20 heavy (non-hydrogen) atoms. The minimum Gasteiger partial charge on any atom is -0.465 e. The molecule has 1 rings (SSSR count). The minimum absolute atomic E-state index is 0.106. The molecule has 0 aliphatic carbocycles. The van der Waals surface area contributed by atoms with E-state index in [-0.39, 0.29) is 25.7 Å². The van der Waals surface area contributed by atoms with Crippen LogP contribution in [0.2, 0.25) is 0 Å². The van der Waals surface area contributed by atoms with Crippen LogP contribution in [0.4, 0.5) is 0 Å². The summed E-state index contributed by atoms with van der Waals surface area (Å²) in [7, 11) is 1.57. The largest absolute Gasteiger partial charge is 0.465 e. The molecular weight excluding hydrogens is 266 g/mol. The lowest BCUT2D eigenvalue weighted by Crippen LogP contribution is -2.41. The van der Waals surface area contributed by atoms with Crippen molar-refractivity contribution in [1.82, 2.24) is 4.90 Å². The van der Waals surface area contributed by atoms with Crippen LogP contribution in [0.3, 0.4) is 0 Å². The molecule has 7 heteroatoms. The average Bonchev–Trinajstić information content (AvgIpc) is 2.68. The van der Waals surface area contributed by atoms with E-state index in [1.165, 1.54) is 4.90 Å². The van der Waals surface area contributed by atoms with E-state index in [2.05, 4.69) is 0 Å². The van der Waals surface area contributed by atoms with Crippen molar-refractivity contribution in [2.45, 2.75) is 13.8 Å². The van der Waals surface area contributed by atoms with Crippen LogP contribution in [0.5, 0.6) is 0 Å². The molecule has 0 bridgehead atoms. The maximum absolute atomic E-state index is 12.1. The number of hydrogen-bond donors (Lipinski definition) is 1. The second kappa shape index (κ2) is 7.23. The Kier molecular flexibility index (Phi) is 5.94. The molecule has 0 radical (unpaired) electrons. The average molecular weight is 287 g/mol. The molecule has 114 valence electrons. The van der Waals surface area contributed by atoms with Gasteiger partial charge >= 0.3 is 11.9 Å². The second-order valence-corrected chi connectivity index (χ2v) is 4.67. The van der Waals surface area contributed by atoms with Crippen LogP contribution >= 0.6 is 0 Å². The summed E-state index contributed by atoms with van der Waals surface area (Å²) in [5.74, 6) is -4.63. The van der Waals surface area contributed by atoms with E-state index in [1.807, 2.05) is 0 Å². The highest BCUT2D eigenvalue weighted by atomic mass is 16.6. The van der Waals surface area contributed by atoms with E-state index in [4.69, 9.17) is 9.47 Å². The molecule has 0 unspecified atom stereocenters. The normalized spacial score (nSPS) is 22.2. The van der Waals surface area contributed by atoms with E-state index < -0.39 is 29.7 Å². The van der Waals surface area contributed by atoms with Crippen LogP contribution in [-0.2, 0) is 23.9 Å². The predicted octanol–water partition coefficient (Wildman–Crippen LogP) is -0.574. The van der Waals surface area contributed by atoms with Gasteiger partial charge in [0.15, 0.2) is 5.92 Å². The molecule has 0 saturated carbocycles. The second-order valence-electron chi connectivity index (χ2n) is 4.67. The molecule has 0 aromatic carbocycles. The number of carbonyl (C=O) groups is 3. The summed E-state index contributed by atoms with van der Waals surface area (Å²) in [4.78, 5) is 37.5. The van der Waals surface area contributed by atoms with Crippen LogP contribution < -0.4 is 0 Å². The molecule has 1 N–H and O–H groups in total. The van der Waals surface area contributed by atoms with E-state index in [1.54, 1.807) is 20.9 Å². The van der Waals surface area contributed by atoms with Crippen molar-refractivity contribution in [3.8, 4) is 0 Å². The zero-order valence-corrected chi connectivity index (χ0v) is 12.0. The summed E-state index contributed by atoms with van der Waals surface area (Å²) >= 11 is 0. The molecule has 1 saturated heterocycles. The molecule has 0 aromatic heterocycles. The van der Waals surface area contributed by atoms with Gasteiger partial charge in [-0.15, -0.1) is 0 Å². The summed E-state index contributed by atoms with van der Waals surface area (Å²) in [6.07, 6.45) is 0. The van der Waals surface area contributed by atoms with Crippen LogP contribution in [0.1, 0.15) is 13.8 Å². The topological polar surface area (TPSA) is 93.1 Å². The fourth-order valence-corrected chi connectivity index (χ4v) is 2.45. The van der Waals surface area contributed by atoms with Gasteiger partial charge in [-0.1, -0.05) is 0 Å². The molecule has 1 aliphatic heterocycles. The van der Waals surface area contributed by atoms with Gasteiger partial charge in [0.2, 0.25) is 5.91 Å². The highest BCUT2D eigenvalue weighted by Gasteiger charge is 2.50. The van der Waals surface area contributed by atoms with Crippen LogP contribution in [0.25, 0.3) is 0 Å². The number of likely N-dealkylation sites (tertiary alicyclic amines) is 1. The molecule has 1 aliphatic rings. The third kappa shape index (κ3) is 3.27. The van der Waals surface area contributed by atoms with Crippen molar-refractivity contribution in [2.75, 3.05) is 33.4 Å². The summed E-state index contributed by atoms with van der Waals surface area (Å²) < 4.78 is 9.74. The Bertz CT molecular complexity index is 365. The SMILES string of the molecule is CCOC(=O)C(C(=O)OCC)[C@@H]1C(=O)N(C)C[C@H]1CO. The number of ether oxygens (including phenoxy) is 2. The van der Waals surface area contributed by atoms with Crippen LogP contribution in [0.15, 0.2) is 0 Å². The zero-order valence-electron chi connectivity index (χ0n) is 12.0. The van der Waals surface area contributed by atoms with Crippen molar-refractivity contribution in [2.24, 2.45) is 17.8 Å². The van der Waals surface area contributed by atoms with E-state index in [0.717, 1.165) is 0 Å². The summed E-state index contributed by atoms with van der Waals surface area (Å²) in [6.45, 7) is 3.47. The van der Waals surface area contributed by atoms with Gasteiger partial charge in [0.1, 0.15) is 0 Å². The molecule has 0 spiro atoms. The molecule has 7 nitrogen and oxygen atoms in total. The fourth-order valence-electron chi connectivity index (χ4n) is 2.45. The Hall–Kier alpha value is -1.63. The van der Waals surface area contributed by atoms with E-state index >= 15 is 0 Å². The lowest BCUT2D eigenvalue weighted by Gasteiger charge is -2.22. The fraction of sp³-hybridized carbons (Fsp3) is 0.769. The van der Waals surface area contributed by atoms with Gasteiger partial charge in [0.05, 0.1) is 19.1 Å². The van der Waals surface area contributed by atoms with E-state index in [9.17, 15) is 19.5 Å². The third-order valence-electron chi connectivity index (χ3n) is 3.35. The van der Waals surface area contributed by atoms with Crippen LogP contribution in [0, 0.1) is 17.8 Å². The van der Waals surface area contributed by atoms with E-state index in [0.29, 0.717) is 6.54 Å². The molecule has 0 aromatic rings. The van der Waals surface area contributed by atoms with Crippen molar-refractivity contribution in [3.05, 3.63) is 0 Å². The molecule has 1 heterocycles. The number of amides is 1. The van der Waals surface area contributed by atoms with Crippen molar-refractivity contribution < 1.29 is 29.0 Å². The summed E-state index contributed by atoms with van der Waals surface area (Å²) in [5, 5.41) is 9.36. The molecule has 1 amide bonds. The number of nitrogens with zero attached hydrogens (tertiary/aromatic N) is 1. The Morgan fingerprint density at radius 3 is 2.20 bits per heavy atom. The highest BCUT2D eigenvalue weighted by Crippen LogP contribution is 2.32. The van der Waals surface area contributed by atoms with Crippen molar-refractivity contribution in [3.63, 3.8) is 0 Å². The maximum Gasteiger partial charge on any atom is 0.321 e. The first kappa shape index (κ1) is 16.4. The predicted molar refractivity (Wildman–Crippen MR) is 68.5 cm³/mol. The standard InChI is InChI=1S/C13H21NO6/c1-4-19-12(17)10(13(18)20-5-2)9-8(7-15)6-14(3)11(9)16/h8-10,15H,4-7H2,1-3H3/t8-,9+/m0/s1. The quantitative estimate of drug-likeness (QED) is 0.519. The van der Waals surface area contributed by atoms with Gasteiger partial charge in [-0.25, -0.2) is 0 Å². The Balaban J connectivity index is 3.04. The number of carbonyl (C=O) groups excluding carboxylic acids is 3. The van der Waals surface area contributed by atoms with Gasteiger partial charge in [-0.05, 0) is 13.8 Å². The zero-order chi connectivity index (χ0) is 15.3. The van der Waals surface area contributed by atoms with Gasteiger partial charge in [-0.2, -0.15) is 0 Å². The first-order valence-corrected chi connectivity index (χ1v) is 6.66. The Morgan fingerprint density at radius 1 is 1.30 bits per heavy atom. The van der Waals surface area contributed by atoms with Crippen molar-refractivity contribution >= 4 is 17.8 Å². The molecule has 1 fully saturated rings. The van der Waals surface area contributed by atoms with Crippen molar-refractivity contribution in [1.29, 1.82) is 0 Å². The van der Waals surface area contributed by atoms with Gasteiger partial charge < -0.3 is 19.5 Å². The van der Waals surface area contributed by atoms with Gasteiger partial charge in [-0.3, -0.25) is 14.4 Å². The maximum atomic E-state index is 12.1. The smallest absolute Gasteiger partial charge is 0.321 e. The van der Waals surface area contributed by atoms with Crippen LogP contribution in [-0.4, -0.2) is 61.3 Å². The lowest BCUT2D eigenvalue weighted by molar-refractivity contribution is -0.167. The highest BCUT2D eigenvalue weighted by molar-refractivity contribution is 6.00. The number of aliphatic hydroxyl groups excluding tert-OH is 1. The number of esters is 2. The number of aliphatic hydroxyl groups is 1.